The third kappa shape index (κ3) is 42.0. The van der Waals surface area contributed by atoms with Crippen LogP contribution < -0.4 is 0 Å². The van der Waals surface area contributed by atoms with Crippen molar-refractivity contribution in [2.45, 2.75) is 174 Å². The van der Waals surface area contributed by atoms with Gasteiger partial charge in [-0.15, -0.1) is 0 Å². The number of ether oxygens (including phenoxy) is 2. The molecule has 0 aromatic rings. The Hall–Kier alpha value is -2.77. The molecule has 0 aromatic carbocycles. The number of phosphoric acid groups is 1. The molecule has 0 amide bonds. The van der Waals surface area contributed by atoms with Gasteiger partial charge in [-0.25, -0.2) is 4.57 Å². The zero-order chi connectivity index (χ0) is 39.6. The summed E-state index contributed by atoms with van der Waals surface area (Å²) in [6.45, 7) is 3.50. The van der Waals surface area contributed by atoms with Crippen molar-refractivity contribution >= 4 is 19.8 Å². The molecule has 0 saturated heterocycles. The number of unbranched alkanes of at least 4 members (excludes halogenated alkanes) is 13. The lowest BCUT2D eigenvalue weighted by Gasteiger charge is -2.18. The molecule has 9 heteroatoms. The van der Waals surface area contributed by atoms with Crippen molar-refractivity contribution in [1.29, 1.82) is 0 Å². The smallest absolute Gasteiger partial charge is 0.462 e. The average molecular weight is 775 g/mol. The Labute approximate surface area is 329 Å². The Kier molecular flexibility index (Phi) is 37.9. The minimum atomic E-state index is -4.78. The van der Waals surface area contributed by atoms with E-state index < -0.39 is 32.5 Å². The van der Waals surface area contributed by atoms with Gasteiger partial charge in [0.1, 0.15) is 6.61 Å². The van der Waals surface area contributed by atoms with Gasteiger partial charge in [-0.1, -0.05) is 157 Å². The van der Waals surface area contributed by atoms with Crippen LogP contribution in [-0.2, 0) is 28.2 Å². The molecule has 0 rings (SSSR count). The molecule has 2 N–H and O–H groups in total. The molecule has 0 aliphatic carbocycles. The zero-order valence-corrected chi connectivity index (χ0v) is 34.7. The Bertz CT molecular complexity index is 1140. The maximum atomic E-state index is 12.4. The van der Waals surface area contributed by atoms with Gasteiger partial charge >= 0.3 is 19.8 Å². The summed E-state index contributed by atoms with van der Waals surface area (Å²) in [6, 6.07) is 0. The van der Waals surface area contributed by atoms with Crippen molar-refractivity contribution < 1.29 is 37.9 Å². The summed E-state index contributed by atoms with van der Waals surface area (Å²) >= 11 is 0. The van der Waals surface area contributed by atoms with Crippen LogP contribution in [0, 0.1) is 0 Å². The number of rotatable bonds is 37. The van der Waals surface area contributed by atoms with Gasteiger partial charge < -0.3 is 19.3 Å². The molecule has 54 heavy (non-hydrogen) atoms. The predicted octanol–water partition coefficient (Wildman–Crippen LogP) is 12.8. The summed E-state index contributed by atoms with van der Waals surface area (Å²) < 4.78 is 26.3. The van der Waals surface area contributed by atoms with Crippen LogP contribution in [0.4, 0.5) is 0 Å². The molecule has 0 unspecified atom stereocenters. The molecular weight excluding hydrogens is 699 g/mol. The first-order valence-electron chi connectivity index (χ1n) is 20.9. The molecule has 0 heterocycles. The predicted molar refractivity (Wildman–Crippen MR) is 225 cm³/mol. The highest BCUT2D eigenvalue weighted by Gasteiger charge is 2.22. The standard InChI is InChI=1S/C45H75O8P/c1-3-5-7-9-11-13-15-17-19-20-21-22-23-24-26-28-30-32-34-36-38-40-45(47)53-43(42-52-54(48,49)50)41-51-44(46)39-37-35-33-31-29-27-25-18-16-14-12-10-8-6-4-2/h6,8,12,14,18-20,22-23,25-26,28,32,34,43H,3-5,7,9-11,13,15-17,21,24,27,29-31,33,35-42H2,1-2H3,(H2,48,49,50)/b8-6+,14-12+,20-19+,23-22+,25-18+,28-26+,34-32+/t43-/m1/s1. The number of allylic oxidation sites excluding steroid dienone is 14. The molecule has 308 valence electrons. The SMILES string of the molecule is CC/C=C/C/C=C/C/C=C/CCCCCCCC(=O)OC[C@H](COP(=O)(O)O)OC(=O)CCC/C=C/C/C=C/C/C=C/C/C=C/CCCCCCCCC. The van der Waals surface area contributed by atoms with E-state index in [1.54, 1.807) is 0 Å². The van der Waals surface area contributed by atoms with Crippen LogP contribution in [0.1, 0.15) is 168 Å². The lowest BCUT2D eigenvalue weighted by atomic mass is 10.1. The Morgan fingerprint density at radius 3 is 1.39 bits per heavy atom. The van der Waals surface area contributed by atoms with E-state index in [1.165, 1.54) is 51.4 Å². The topological polar surface area (TPSA) is 119 Å². The van der Waals surface area contributed by atoms with Gasteiger partial charge in [-0.3, -0.25) is 14.1 Å². The maximum Gasteiger partial charge on any atom is 0.469 e. The second-order valence-electron chi connectivity index (χ2n) is 13.6. The van der Waals surface area contributed by atoms with Crippen LogP contribution in [0.3, 0.4) is 0 Å². The monoisotopic (exact) mass is 775 g/mol. The van der Waals surface area contributed by atoms with E-state index >= 15 is 0 Å². The van der Waals surface area contributed by atoms with E-state index in [-0.39, 0.29) is 19.4 Å². The molecule has 8 nitrogen and oxygen atoms in total. The molecule has 1 atom stereocenters. The van der Waals surface area contributed by atoms with Gasteiger partial charge in [0.2, 0.25) is 0 Å². The summed E-state index contributed by atoms with van der Waals surface area (Å²) in [5, 5.41) is 0. The number of hydrogen-bond donors (Lipinski definition) is 2. The highest BCUT2D eigenvalue weighted by atomic mass is 31.2. The third-order valence-electron chi connectivity index (χ3n) is 8.40. The number of esters is 2. The van der Waals surface area contributed by atoms with Crippen molar-refractivity contribution in [2.24, 2.45) is 0 Å². The van der Waals surface area contributed by atoms with Gasteiger partial charge in [0.05, 0.1) is 6.61 Å². The first-order chi connectivity index (χ1) is 26.3. The molecule has 0 radical (unpaired) electrons. The maximum absolute atomic E-state index is 12.4. The highest BCUT2D eigenvalue weighted by Crippen LogP contribution is 2.36. The van der Waals surface area contributed by atoms with Crippen LogP contribution in [0.25, 0.3) is 0 Å². The van der Waals surface area contributed by atoms with Crippen LogP contribution in [0.2, 0.25) is 0 Å². The van der Waals surface area contributed by atoms with E-state index in [4.69, 9.17) is 19.3 Å². The van der Waals surface area contributed by atoms with Gasteiger partial charge in [0, 0.05) is 12.8 Å². The van der Waals surface area contributed by atoms with E-state index in [1.807, 2.05) is 6.08 Å². The largest absolute Gasteiger partial charge is 0.469 e. The van der Waals surface area contributed by atoms with Gasteiger partial charge in [-0.2, -0.15) is 0 Å². The highest BCUT2D eigenvalue weighted by molar-refractivity contribution is 7.46. The van der Waals surface area contributed by atoms with Crippen molar-refractivity contribution in [3.63, 3.8) is 0 Å². The molecule has 0 aliphatic rings. The molecular formula is C45H75O8P. The van der Waals surface area contributed by atoms with E-state index in [2.05, 4.69) is 97.4 Å². The fourth-order valence-electron chi connectivity index (χ4n) is 5.32. The summed E-state index contributed by atoms with van der Waals surface area (Å²) in [6.07, 6.45) is 53.1. The zero-order valence-electron chi connectivity index (χ0n) is 33.8. The second kappa shape index (κ2) is 39.9. The Balaban J connectivity index is 4.07. The van der Waals surface area contributed by atoms with Crippen molar-refractivity contribution in [2.75, 3.05) is 13.2 Å². The summed E-state index contributed by atoms with van der Waals surface area (Å²) in [5.41, 5.74) is 0. The number of phosphoric ester groups is 1. The fourth-order valence-corrected chi connectivity index (χ4v) is 5.68. The minimum Gasteiger partial charge on any atom is -0.462 e. The number of carbonyl (C=O) groups excluding carboxylic acids is 2. The van der Waals surface area contributed by atoms with E-state index in [0.717, 1.165) is 70.6 Å². The van der Waals surface area contributed by atoms with E-state index in [0.29, 0.717) is 19.3 Å². The normalized spacial score (nSPS) is 13.3. The minimum absolute atomic E-state index is 0.128. The second-order valence-corrected chi connectivity index (χ2v) is 14.8. The van der Waals surface area contributed by atoms with Gasteiger partial charge in [-0.05, 0) is 83.5 Å². The van der Waals surface area contributed by atoms with Crippen molar-refractivity contribution in [3.8, 4) is 0 Å². The summed E-state index contributed by atoms with van der Waals surface area (Å²) in [5.74, 6) is -0.977. The third-order valence-corrected chi connectivity index (χ3v) is 8.88. The molecule has 0 fully saturated rings. The number of carbonyl (C=O) groups is 2. The first kappa shape index (κ1) is 51.2. The van der Waals surface area contributed by atoms with Crippen molar-refractivity contribution in [1.82, 2.24) is 0 Å². The molecule has 0 aliphatic heterocycles. The Morgan fingerprint density at radius 1 is 0.500 bits per heavy atom. The van der Waals surface area contributed by atoms with Gasteiger partial charge in [0.25, 0.3) is 0 Å². The summed E-state index contributed by atoms with van der Waals surface area (Å²) in [4.78, 5) is 42.8. The molecule has 0 bridgehead atoms. The average Bonchev–Trinajstić information content (AvgIpc) is 3.14. The fraction of sp³-hybridized carbons (Fsp3) is 0.644. The van der Waals surface area contributed by atoms with Gasteiger partial charge in [0.15, 0.2) is 6.10 Å². The molecule has 0 spiro atoms. The van der Waals surface area contributed by atoms with Crippen LogP contribution in [0.5, 0.6) is 0 Å². The first-order valence-corrected chi connectivity index (χ1v) is 22.4. The molecule has 0 saturated carbocycles. The van der Waals surface area contributed by atoms with Crippen molar-refractivity contribution in [3.05, 3.63) is 85.1 Å². The quantitative estimate of drug-likeness (QED) is 0.0277. The lowest BCUT2D eigenvalue weighted by molar-refractivity contribution is -0.161. The van der Waals surface area contributed by atoms with Crippen LogP contribution in [0.15, 0.2) is 85.1 Å². The van der Waals surface area contributed by atoms with E-state index in [9.17, 15) is 14.2 Å². The van der Waals surface area contributed by atoms with Crippen LogP contribution >= 0.6 is 7.82 Å². The molecule has 0 aromatic heterocycles. The summed E-state index contributed by atoms with van der Waals surface area (Å²) in [7, 11) is -4.78. The van der Waals surface area contributed by atoms with Crippen LogP contribution in [-0.4, -0.2) is 41.0 Å². The lowest BCUT2D eigenvalue weighted by Crippen LogP contribution is -2.29. The number of hydrogen-bond acceptors (Lipinski definition) is 6. The Morgan fingerprint density at radius 2 is 0.907 bits per heavy atom.